The average molecular weight is 337 g/mol. The Morgan fingerprint density at radius 2 is 1.64 bits per heavy atom. The molecular weight excluding hydrogens is 314 g/mol. The van der Waals surface area contributed by atoms with E-state index in [0.29, 0.717) is 11.6 Å². The van der Waals surface area contributed by atoms with E-state index in [1.165, 1.54) is 11.8 Å². The summed E-state index contributed by atoms with van der Waals surface area (Å²) in [6.07, 6.45) is 1.51. The van der Waals surface area contributed by atoms with Gasteiger partial charge in [-0.3, -0.25) is 9.59 Å². The number of amides is 2. The fraction of sp³-hybridized carbons (Fsp3) is 0.250. The Bertz CT molecular complexity index is 793. The monoisotopic (exact) mass is 337 g/mol. The number of hydrazone groups is 1. The molecule has 2 N–H and O–H groups in total. The van der Waals surface area contributed by atoms with E-state index in [2.05, 4.69) is 29.7 Å². The molecule has 0 radical (unpaired) electrons. The second-order valence-corrected chi connectivity index (χ2v) is 6.27. The number of benzene rings is 2. The molecule has 2 aromatic carbocycles. The van der Waals surface area contributed by atoms with Gasteiger partial charge >= 0.3 is 11.8 Å². The highest BCUT2D eigenvalue weighted by Gasteiger charge is 2.13. The molecule has 0 aliphatic heterocycles. The molecule has 130 valence electrons. The Hall–Kier alpha value is -2.95. The molecule has 0 bridgehead atoms. The summed E-state index contributed by atoms with van der Waals surface area (Å²) in [5.41, 5.74) is 7.05. The smallest absolute Gasteiger partial charge is 0.318 e. The molecule has 0 heterocycles. The van der Waals surface area contributed by atoms with Crippen molar-refractivity contribution < 1.29 is 9.59 Å². The van der Waals surface area contributed by atoms with Gasteiger partial charge in [-0.2, -0.15) is 5.10 Å². The van der Waals surface area contributed by atoms with Crippen LogP contribution in [0, 0.1) is 13.8 Å². The molecule has 0 saturated carbocycles. The molecule has 2 amide bonds. The zero-order chi connectivity index (χ0) is 18.4. The summed E-state index contributed by atoms with van der Waals surface area (Å²) in [6, 6.07) is 13.3. The van der Waals surface area contributed by atoms with Crippen molar-refractivity contribution in [2.24, 2.45) is 5.10 Å². The summed E-state index contributed by atoms with van der Waals surface area (Å²) in [7, 11) is 0. The minimum absolute atomic E-state index is 0.458. The van der Waals surface area contributed by atoms with Crippen LogP contribution in [-0.2, 0) is 9.59 Å². The number of hydrogen-bond acceptors (Lipinski definition) is 3. The van der Waals surface area contributed by atoms with E-state index in [0.717, 1.165) is 16.7 Å². The first-order valence-electron chi connectivity index (χ1n) is 8.18. The van der Waals surface area contributed by atoms with Gasteiger partial charge in [0.15, 0.2) is 0 Å². The maximum Gasteiger partial charge on any atom is 0.329 e. The fourth-order valence-electron chi connectivity index (χ4n) is 2.19. The molecule has 2 aromatic rings. The van der Waals surface area contributed by atoms with Gasteiger partial charge in [-0.05, 0) is 54.2 Å². The highest BCUT2D eigenvalue weighted by Crippen LogP contribution is 2.14. The average Bonchev–Trinajstić information content (AvgIpc) is 2.58. The Morgan fingerprint density at radius 1 is 0.960 bits per heavy atom. The second kappa shape index (κ2) is 8.24. The molecule has 2 rings (SSSR count). The summed E-state index contributed by atoms with van der Waals surface area (Å²) in [5.74, 6) is -1.11. The quantitative estimate of drug-likeness (QED) is 0.509. The van der Waals surface area contributed by atoms with Crippen LogP contribution < -0.4 is 10.7 Å². The van der Waals surface area contributed by atoms with Gasteiger partial charge in [-0.1, -0.05) is 44.2 Å². The predicted molar refractivity (Wildman–Crippen MR) is 101 cm³/mol. The summed E-state index contributed by atoms with van der Waals surface area (Å²) in [5, 5.41) is 6.38. The molecule has 0 aromatic heterocycles. The van der Waals surface area contributed by atoms with Gasteiger partial charge in [-0.15, -0.1) is 0 Å². The van der Waals surface area contributed by atoms with Crippen LogP contribution in [0.2, 0.25) is 0 Å². The van der Waals surface area contributed by atoms with Crippen molar-refractivity contribution in [3.8, 4) is 0 Å². The number of carbonyl (C=O) groups is 2. The first-order valence-corrected chi connectivity index (χ1v) is 8.18. The number of carbonyl (C=O) groups excluding carboxylic acids is 2. The molecular formula is C20H23N3O2. The second-order valence-electron chi connectivity index (χ2n) is 6.27. The predicted octanol–water partition coefficient (Wildman–Crippen LogP) is 3.52. The molecule has 0 aliphatic carbocycles. The number of rotatable bonds is 4. The molecule has 0 saturated heterocycles. The van der Waals surface area contributed by atoms with E-state index in [-0.39, 0.29) is 0 Å². The molecule has 0 spiro atoms. The summed E-state index contributed by atoms with van der Waals surface area (Å²) < 4.78 is 0. The van der Waals surface area contributed by atoms with E-state index >= 15 is 0 Å². The number of anilines is 1. The lowest BCUT2D eigenvalue weighted by Gasteiger charge is -2.06. The highest BCUT2D eigenvalue weighted by atomic mass is 16.2. The minimum Gasteiger partial charge on any atom is -0.318 e. The first-order chi connectivity index (χ1) is 11.9. The van der Waals surface area contributed by atoms with Crippen molar-refractivity contribution >= 4 is 23.7 Å². The number of nitrogens with one attached hydrogen (secondary N) is 2. The topological polar surface area (TPSA) is 70.6 Å². The summed E-state index contributed by atoms with van der Waals surface area (Å²) in [4.78, 5) is 23.7. The van der Waals surface area contributed by atoms with Crippen LogP contribution in [0.3, 0.4) is 0 Å². The van der Waals surface area contributed by atoms with Crippen molar-refractivity contribution in [1.29, 1.82) is 0 Å². The van der Waals surface area contributed by atoms with Gasteiger partial charge in [0.1, 0.15) is 0 Å². The molecule has 0 unspecified atom stereocenters. The maximum absolute atomic E-state index is 11.9. The van der Waals surface area contributed by atoms with Crippen molar-refractivity contribution in [2.45, 2.75) is 33.6 Å². The molecule has 25 heavy (non-hydrogen) atoms. The van der Waals surface area contributed by atoms with Gasteiger partial charge in [0.2, 0.25) is 0 Å². The zero-order valence-electron chi connectivity index (χ0n) is 15.0. The first kappa shape index (κ1) is 18.4. The van der Waals surface area contributed by atoms with Crippen LogP contribution >= 0.6 is 0 Å². The Balaban J connectivity index is 1.90. The molecule has 0 fully saturated rings. The lowest BCUT2D eigenvalue weighted by atomic mass is 10.0. The normalized spacial score (nSPS) is 10.9. The van der Waals surface area contributed by atoms with Crippen LogP contribution in [-0.4, -0.2) is 18.0 Å². The van der Waals surface area contributed by atoms with Crippen LogP contribution in [0.5, 0.6) is 0 Å². The van der Waals surface area contributed by atoms with Gasteiger partial charge in [-0.25, -0.2) is 5.43 Å². The highest BCUT2D eigenvalue weighted by molar-refractivity contribution is 6.39. The van der Waals surface area contributed by atoms with E-state index in [4.69, 9.17) is 0 Å². The minimum atomic E-state index is -0.812. The van der Waals surface area contributed by atoms with Crippen LogP contribution in [0.1, 0.15) is 42.0 Å². The van der Waals surface area contributed by atoms with E-state index in [1.54, 1.807) is 6.07 Å². The molecule has 0 aliphatic rings. The van der Waals surface area contributed by atoms with Crippen molar-refractivity contribution in [3.05, 3.63) is 64.7 Å². The van der Waals surface area contributed by atoms with Crippen molar-refractivity contribution in [1.82, 2.24) is 5.43 Å². The van der Waals surface area contributed by atoms with Gasteiger partial charge in [0, 0.05) is 5.69 Å². The van der Waals surface area contributed by atoms with Gasteiger partial charge < -0.3 is 5.32 Å². The largest absolute Gasteiger partial charge is 0.329 e. The number of hydrogen-bond donors (Lipinski definition) is 2. The van der Waals surface area contributed by atoms with Crippen LogP contribution in [0.15, 0.2) is 47.6 Å². The van der Waals surface area contributed by atoms with Crippen LogP contribution in [0.4, 0.5) is 5.69 Å². The lowest BCUT2D eigenvalue weighted by Crippen LogP contribution is -2.32. The van der Waals surface area contributed by atoms with Crippen molar-refractivity contribution in [3.63, 3.8) is 0 Å². The third-order valence-electron chi connectivity index (χ3n) is 3.95. The molecule has 0 atom stereocenters. The third-order valence-corrected chi connectivity index (χ3v) is 3.95. The summed E-state index contributed by atoms with van der Waals surface area (Å²) >= 11 is 0. The lowest BCUT2D eigenvalue weighted by molar-refractivity contribution is -0.136. The SMILES string of the molecule is Cc1ccc(NC(=O)C(=O)N/N=C/c2ccc(C(C)C)cc2)cc1C. The number of aryl methyl sites for hydroxylation is 2. The third kappa shape index (κ3) is 5.28. The Morgan fingerprint density at radius 3 is 2.24 bits per heavy atom. The Labute approximate surface area is 148 Å². The van der Waals surface area contributed by atoms with Gasteiger partial charge in [0.25, 0.3) is 0 Å². The molecule has 5 heteroatoms. The van der Waals surface area contributed by atoms with E-state index in [9.17, 15) is 9.59 Å². The van der Waals surface area contributed by atoms with Gasteiger partial charge in [0.05, 0.1) is 6.21 Å². The standard InChI is InChI=1S/C20H23N3O2/c1-13(2)17-8-6-16(7-9-17)12-21-23-20(25)19(24)22-18-10-5-14(3)15(4)11-18/h5-13H,1-4H3,(H,22,24)(H,23,25)/b21-12+. The van der Waals surface area contributed by atoms with Crippen molar-refractivity contribution in [2.75, 3.05) is 5.32 Å². The summed E-state index contributed by atoms with van der Waals surface area (Å²) in [6.45, 7) is 8.17. The van der Waals surface area contributed by atoms with E-state index < -0.39 is 11.8 Å². The van der Waals surface area contributed by atoms with Crippen LogP contribution in [0.25, 0.3) is 0 Å². The maximum atomic E-state index is 11.9. The fourth-order valence-corrected chi connectivity index (χ4v) is 2.19. The molecule has 5 nitrogen and oxygen atoms in total. The Kier molecular flexibility index (Phi) is 6.06. The van der Waals surface area contributed by atoms with E-state index in [1.807, 2.05) is 50.2 Å². The number of nitrogens with zero attached hydrogens (tertiary/aromatic N) is 1. The zero-order valence-corrected chi connectivity index (χ0v) is 15.0.